The lowest BCUT2D eigenvalue weighted by Gasteiger charge is -2.43. The van der Waals surface area contributed by atoms with E-state index in [9.17, 15) is 4.79 Å². The van der Waals surface area contributed by atoms with Crippen molar-refractivity contribution in [2.75, 3.05) is 31.1 Å². The van der Waals surface area contributed by atoms with Crippen molar-refractivity contribution in [2.45, 2.75) is 31.3 Å². The summed E-state index contributed by atoms with van der Waals surface area (Å²) in [6.45, 7) is 4.21. The molecule has 0 bridgehead atoms. The predicted molar refractivity (Wildman–Crippen MR) is 119 cm³/mol. The number of amides is 1. The molecule has 0 saturated carbocycles. The van der Waals surface area contributed by atoms with Gasteiger partial charge in [-0.3, -0.25) is 4.79 Å². The van der Waals surface area contributed by atoms with Gasteiger partial charge in [0.2, 0.25) is 0 Å². The minimum absolute atomic E-state index is 0.452. The maximum absolute atomic E-state index is 11.7. The Morgan fingerprint density at radius 2 is 1.90 bits per heavy atom. The van der Waals surface area contributed by atoms with Crippen molar-refractivity contribution < 1.29 is 4.79 Å². The number of nitrogens with zero attached hydrogens (tertiary/aromatic N) is 3. The van der Waals surface area contributed by atoms with E-state index in [1.165, 1.54) is 24.9 Å². The fourth-order valence-corrected chi connectivity index (χ4v) is 4.82. The van der Waals surface area contributed by atoms with Crippen LogP contribution < -0.4 is 21.3 Å². The van der Waals surface area contributed by atoms with Gasteiger partial charge in [0, 0.05) is 55.5 Å². The van der Waals surface area contributed by atoms with Gasteiger partial charge in [-0.25, -0.2) is 4.68 Å². The molecular weight excluding hydrogens is 376 g/mol. The van der Waals surface area contributed by atoms with Crippen molar-refractivity contribution in [3.8, 4) is 5.69 Å². The molecule has 2 aromatic carbocycles. The van der Waals surface area contributed by atoms with Crippen LogP contribution in [0.4, 0.5) is 5.69 Å². The average Bonchev–Trinajstić information content (AvgIpc) is 3.24. The second-order valence-corrected chi connectivity index (χ2v) is 8.22. The number of piperazine rings is 1. The molecule has 2 fully saturated rings. The molecule has 1 aromatic heterocycles. The van der Waals surface area contributed by atoms with Crippen LogP contribution in [0.15, 0.2) is 48.7 Å². The number of anilines is 1. The number of piperidine rings is 1. The van der Waals surface area contributed by atoms with Crippen molar-refractivity contribution >= 4 is 22.5 Å². The van der Waals surface area contributed by atoms with Crippen LogP contribution in [-0.2, 0) is 0 Å². The minimum Gasteiger partial charge on any atom is -0.367 e. The van der Waals surface area contributed by atoms with Crippen molar-refractivity contribution in [1.82, 2.24) is 20.4 Å². The highest BCUT2D eigenvalue weighted by molar-refractivity contribution is 6.04. The van der Waals surface area contributed by atoms with Gasteiger partial charge in [0.05, 0.1) is 11.3 Å². The van der Waals surface area contributed by atoms with Gasteiger partial charge in [-0.15, -0.1) is 0 Å². The molecule has 7 heteroatoms. The standard InChI is InChI=1S/C23H28N6O/c24-23(30)19-5-3-4-16-15-29(27-22(16)19)18-9-7-17(8-10-18)28-13-2-1-6-21(28)20-14-25-11-12-26-20/h3-5,7-10,15,20-21,25-26H,1-2,6,11-14H2,(H2,24,30). The van der Waals surface area contributed by atoms with Crippen molar-refractivity contribution in [3.05, 3.63) is 54.2 Å². The van der Waals surface area contributed by atoms with Crippen LogP contribution in [0.3, 0.4) is 0 Å². The third-order valence-corrected chi connectivity index (χ3v) is 6.33. The predicted octanol–water partition coefficient (Wildman–Crippen LogP) is 2.04. The summed E-state index contributed by atoms with van der Waals surface area (Å²) in [5.41, 5.74) is 8.82. The lowest BCUT2D eigenvalue weighted by atomic mass is 9.93. The first-order valence-electron chi connectivity index (χ1n) is 10.8. The van der Waals surface area contributed by atoms with Crippen molar-refractivity contribution in [2.24, 2.45) is 5.73 Å². The highest BCUT2D eigenvalue weighted by atomic mass is 16.1. The van der Waals surface area contributed by atoms with Crippen molar-refractivity contribution in [1.29, 1.82) is 0 Å². The van der Waals surface area contributed by atoms with E-state index >= 15 is 0 Å². The van der Waals surface area contributed by atoms with Gasteiger partial charge < -0.3 is 21.3 Å². The first-order chi connectivity index (χ1) is 14.7. The smallest absolute Gasteiger partial charge is 0.250 e. The maximum Gasteiger partial charge on any atom is 0.250 e. The van der Waals surface area contributed by atoms with Gasteiger partial charge in [0.25, 0.3) is 5.91 Å². The van der Waals surface area contributed by atoms with Gasteiger partial charge in [-0.2, -0.15) is 5.10 Å². The number of nitrogens with two attached hydrogens (primary N) is 1. The number of fused-ring (bicyclic) bond motifs is 1. The summed E-state index contributed by atoms with van der Waals surface area (Å²) in [6, 6.07) is 15.1. The van der Waals surface area contributed by atoms with Crippen LogP contribution in [0.1, 0.15) is 29.6 Å². The van der Waals surface area contributed by atoms with Crippen LogP contribution >= 0.6 is 0 Å². The number of hydrogen-bond acceptors (Lipinski definition) is 5. The highest BCUT2D eigenvalue weighted by Crippen LogP contribution is 2.28. The zero-order valence-electron chi connectivity index (χ0n) is 17.1. The van der Waals surface area contributed by atoms with E-state index in [0.29, 0.717) is 23.2 Å². The van der Waals surface area contributed by atoms with Crippen LogP contribution in [-0.4, -0.2) is 54.0 Å². The molecule has 7 nitrogen and oxygen atoms in total. The molecule has 1 amide bonds. The van der Waals surface area contributed by atoms with Gasteiger partial charge >= 0.3 is 0 Å². The topological polar surface area (TPSA) is 88.2 Å². The Hall–Kier alpha value is -2.90. The minimum atomic E-state index is -0.455. The monoisotopic (exact) mass is 404 g/mol. The summed E-state index contributed by atoms with van der Waals surface area (Å²) in [7, 11) is 0. The Labute approximate surface area is 176 Å². The van der Waals surface area contributed by atoms with Crippen LogP contribution in [0, 0.1) is 0 Å². The fraction of sp³-hybridized carbons (Fsp3) is 0.391. The summed E-state index contributed by atoms with van der Waals surface area (Å²) in [6.07, 6.45) is 5.69. The second-order valence-electron chi connectivity index (χ2n) is 8.22. The molecule has 30 heavy (non-hydrogen) atoms. The third kappa shape index (κ3) is 3.55. The molecule has 5 rings (SSSR count). The number of hydrogen-bond donors (Lipinski definition) is 3. The molecule has 3 heterocycles. The summed E-state index contributed by atoms with van der Waals surface area (Å²) in [4.78, 5) is 14.3. The first-order valence-corrected chi connectivity index (χ1v) is 10.8. The number of nitrogens with one attached hydrogen (secondary N) is 2. The largest absolute Gasteiger partial charge is 0.367 e. The molecule has 0 radical (unpaired) electrons. The molecule has 2 atom stereocenters. The highest BCUT2D eigenvalue weighted by Gasteiger charge is 2.30. The van der Waals surface area contributed by atoms with E-state index < -0.39 is 5.91 Å². The normalized spacial score (nSPS) is 22.3. The van der Waals surface area contributed by atoms with Crippen LogP contribution in [0.25, 0.3) is 16.6 Å². The SMILES string of the molecule is NC(=O)c1cccc2cn(-c3ccc(N4CCCCC4C4CNCCN4)cc3)nc12. The van der Waals surface area contributed by atoms with E-state index in [4.69, 9.17) is 5.73 Å². The Bertz CT molecular complexity index is 1040. The Morgan fingerprint density at radius 1 is 1.07 bits per heavy atom. The molecule has 4 N–H and O–H groups in total. The number of aromatic nitrogens is 2. The Kier molecular flexibility index (Phi) is 5.14. The molecule has 3 aromatic rings. The molecule has 2 saturated heterocycles. The molecule has 2 unspecified atom stereocenters. The summed E-state index contributed by atoms with van der Waals surface area (Å²) in [5.74, 6) is -0.455. The lowest BCUT2D eigenvalue weighted by molar-refractivity contribution is 0.100. The average molecular weight is 405 g/mol. The van der Waals surface area contributed by atoms with E-state index in [1.54, 1.807) is 6.07 Å². The molecule has 0 spiro atoms. The molecule has 2 aliphatic rings. The van der Waals surface area contributed by atoms with Gasteiger partial charge in [0.1, 0.15) is 5.52 Å². The van der Waals surface area contributed by atoms with E-state index in [0.717, 1.165) is 37.3 Å². The Morgan fingerprint density at radius 3 is 2.67 bits per heavy atom. The third-order valence-electron chi connectivity index (χ3n) is 6.33. The van der Waals surface area contributed by atoms with Gasteiger partial charge in [-0.1, -0.05) is 12.1 Å². The summed E-state index contributed by atoms with van der Waals surface area (Å²) >= 11 is 0. The number of carbonyl (C=O) groups excluding carboxylic acids is 1. The van der Waals surface area contributed by atoms with Crippen molar-refractivity contribution in [3.63, 3.8) is 0 Å². The summed E-state index contributed by atoms with van der Waals surface area (Å²) < 4.78 is 1.82. The fourth-order valence-electron chi connectivity index (χ4n) is 4.82. The molecule has 2 aliphatic heterocycles. The first kappa shape index (κ1) is 19.1. The Balaban J connectivity index is 1.41. The van der Waals surface area contributed by atoms with Gasteiger partial charge in [0.15, 0.2) is 0 Å². The zero-order valence-corrected chi connectivity index (χ0v) is 17.1. The molecular formula is C23H28N6O. The molecule has 156 valence electrons. The molecule has 0 aliphatic carbocycles. The number of rotatable bonds is 4. The van der Waals surface area contributed by atoms with Crippen LogP contribution in [0.5, 0.6) is 0 Å². The maximum atomic E-state index is 11.7. The number of carbonyl (C=O) groups is 1. The van der Waals surface area contributed by atoms with E-state index in [-0.39, 0.29) is 0 Å². The quantitative estimate of drug-likeness (QED) is 0.619. The second kappa shape index (κ2) is 8.08. The van der Waals surface area contributed by atoms with Gasteiger partial charge in [-0.05, 0) is 49.6 Å². The van der Waals surface area contributed by atoms with Crippen LogP contribution in [0.2, 0.25) is 0 Å². The lowest BCUT2D eigenvalue weighted by Crippen LogP contribution is -2.60. The number of primary amides is 1. The van der Waals surface area contributed by atoms with E-state index in [1.807, 2.05) is 23.0 Å². The zero-order chi connectivity index (χ0) is 20.5. The number of benzene rings is 2. The summed E-state index contributed by atoms with van der Waals surface area (Å²) in [5, 5.41) is 12.7. The van der Waals surface area contributed by atoms with E-state index in [2.05, 4.69) is 44.9 Å².